The summed E-state index contributed by atoms with van der Waals surface area (Å²) < 4.78 is 13.5. The fourth-order valence-corrected chi connectivity index (χ4v) is 2.48. The Balaban J connectivity index is 1.94. The number of halogens is 1. The van der Waals surface area contributed by atoms with E-state index in [0.29, 0.717) is 18.0 Å². The van der Waals surface area contributed by atoms with Gasteiger partial charge in [0.25, 0.3) is 0 Å². The second kappa shape index (κ2) is 7.88. The van der Waals surface area contributed by atoms with Gasteiger partial charge in [-0.15, -0.1) is 0 Å². The van der Waals surface area contributed by atoms with Crippen molar-refractivity contribution in [1.82, 2.24) is 5.32 Å². The Hall–Kier alpha value is -2.20. The fraction of sp³-hybridized carbons (Fsp3) is 0.316. The van der Waals surface area contributed by atoms with Gasteiger partial charge in [0.05, 0.1) is 6.54 Å². The number of benzene rings is 2. The van der Waals surface area contributed by atoms with E-state index in [0.717, 1.165) is 16.8 Å². The van der Waals surface area contributed by atoms with Crippen LogP contribution >= 0.6 is 0 Å². The summed E-state index contributed by atoms with van der Waals surface area (Å²) in [6, 6.07) is 12.6. The van der Waals surface area contributed by atoms with Crippen molar-refractivity contribution in [3.63, 3.8) is 0 Å². The first-order valence-corrected chi connectivity index (χ1v) is 7.82. The van der Waals surface area contributed by atoms with Crippen molar-refractivity contribution in [2.24, 2.45) is 0 Å². The van der Waals surface area contributed by atoms with E-state index in [1.165, 1.54) is 6.07 Å². The van der Waals surface area contributed by atoms with Crippen molar-refractivity contribution in [2.75, 3.05) is 11.9 Å². The summed E-state index contributed by atoms with van der Waals surface area (Å²) in [5, 5.41) is 5.94. The standard InChI is InChI=1S/C19H23FN2O/c1-13(2)16-9-6-7-14(3)19(16)22-18(23)12-21-11-15-8-4-5-10-17(15)20/h4-10,13,21H,11-12H2,1-3H3,(H,22,23). The third-order valence-electron chi connectivity index (χ3n) is 3.75. The molecule has 0 aliphatic rings. The lowest BCUT2D eigenvalue weighted by molar-refractivity contribution is -0.115. The molecule has 4 heteroatoms. The number of para-hydroxylation sites is 1. The Morgan fingerprint density at radius 2 is 1.87 bits per heavy atom. The fourth-order valence-electron chi connectivity index (χ4n) is 2.48. The molecule has 0 bridgehead atoms. The number of nitrogens with one attached hydrogen (secondary N) is 2. The lowest BCUT2D eigenvalue weighted by Crippen LogP contribution is -2.28. The highest BCUT2D eigenvalue weighted by Gasteiger charge is 2.12. The molecule has 0 fully saturated rings. The second-order valence-electron chi connectivity index (χ2n) is 5.94. The molecule has 0 aromatic heterocycles. The van der Waals surface area contributed by atoms with Crippen molar-refractivity contribution in [2.45, 2.75) is 33.2 Å². The van der Waals surface area contributed by atoms with E-state index in [4.69, 9.17) is 0 Å². The number of hydrogen-bond donors (Lipinski definition) is 2. The van der Waals surface area contributed by atoms with E-state index in [9.17, 15) is 9.18 Å². The highest BCUT2D eigenvalue weighted by molar-refractivity contribution is 5.93. The van der Waals surface area contributed by atoms with Crippen LogP contribution in [0.3, 0.4) is 0 Å². The maximum atomic E-state index is 13.5. The Morgan fingerprint density at radius 1 is 1.13 bits per heavy atom. The first kappa shape index (κ1) is 17.2. The van der Waals surface area contributed by atoms with Gasteiger partial charge in [-0.1, -0.05) is 50.2 Å². The highest BCUT2D eigenvalue weighted by Crippen LogP contribution is 2.27. The first-order valence-electron chi connectivity index (χ1n) is 7.82. The first-order chi connectivity index (χ1) is 11.0. The molecule has 0 aliphatic carbocycles. The average molecular weight is 314 g/mol. The highest BCUT2D eigenvalue weighted by atomic mass is 19.1. The summed E-state index contributed by atoms with van der Waals surface area (Å²) in [4.78, 5) is 12.1. The molecule has 0 saturated carbocycles. The molecule has 0 aliphatic heterocycles. The lowest BCUT2D eigenvalue weighted by Gasteiger charge is -2.16. The molecule has 122 valence electrons. The van der Waals surface area contributed by atoms with Crippen molar-refractivity contribution in [3.05, 3.63) is 65.0 Å². The van der Waals surface area contributed by atoms with Gasteiger partial charge in [-0.05, 0) is 30.0 Å². The molecule has 2 N–H and O–H groups in total. The van der Waals surface area contributed by atoms with E-state index in [-0.39, 0.29) is 18.3 Å². The molecule has 0 spiro atoms. The van der Waals surface area contributed by atoms with Gasteiger partial charge in [-0.3, -0.25) is 4.79 Å². The molecule has 23 heavy (non-hydrogen) atoms. The van der Waals surface area contributed by atoms with E-state index >= 15 is 0 Å². The van der Waals surface area contributed by atoms with Crippen LogP contribution < -0.4 is 10.6 Å². The number of carbonyl (C=O) groups is 1. The third-order valence-corrected chi connectivity index (χ3v) is 3.75. The molecule has 0 radical (unpaired) electrons. The van der Waals surface area contributed by atoms with E-state index in [1.54, 1.807) is 18.2 Å². The maximum absolute atomic E-state index is 13.5. The van der Waals surface area contributed by atoms with Gasteiger partial charge in [0, 0.05) is 17.8 Å². The summed E-state index contributed by atoms with van der Waals surface area (Å²) in [5.74, 6) is -0.0597. The van der Waals surface area contributed by atoms with Crippen LogP contribution in [0, 0.1) is 12.7 Å². The minimum absolute atomic E-state index is 0.127. The summed E-state index contributed by atoms with van der Waals surface area (Å²) in [5.41, 5.74) is 3.59. The molecule has 2 aromatic carbocycles. The average Bonchev–Trinajstić information content (AvgIpc) is 2.51. The molecule has 0 saturated heterocycles. The van der Waals surface area contributed by atoms with Crippen LogP contribution in [0.1, 0.15) is 36.5 Å². The smallest absolute Gasteiger partial charge is 0.238 e. The van der Waals surface area contributed by atoms with Crippen LogP contribution in [0.4, 0.5) is 10.1 Å². The van der Waals surface area contributed by atoms with Gasteiger partial charge in [0.1, 0.15) is 5.82 Å². The predicted molar refractivity (Wildman–Crippen MR) is 92.0 cm³/mol. The van der Waals surface area contributed by atoms with Crippen molar-refractivity contribution >= 4 is 11.6 Å². The van der Waals surface area contributed by atoms with Crippen LogP contribution in [0.25, 0.3) is 0 Å². The number of anilines is 1. The van der Waals surface area contributed by atoms with Crippen LogP contribution in [0.5, 0.6) is 0 Å². The molecule has 0 heterocycles. The van der Waals surface area contributed by atoms with Crippen LogP contribution in [-0.4, -0.2) is 12.5 Å². The van der Waals surface area contributed by atoms with Crippen LogP contribution in [0.15, 0.2) is 42.5 Å². The summed E-state index contributed by atoms with van der Waals surface area (Å²) >= 11 is 0. The van der Waals surface area contributed by atoms with Gasteiger partial charge in [-0.25, -0.2) is 4.39 Å². The molecule has 1 amide bonds. The minimum Gasteiger partial charge on any atom is -0.324 e. The summed E-state index contributed by atoms with van der Waals surface area (Å²) in [7, 11) is 0. The largest absolute Gasteiger partial charge is 0.324 e. The summed E-state index contributed by atoms with van der Waals surface area (Å²) in [6.45, 7) is 6.64. The van der Waals surface area contributed by atoms with Gasteiger partial charge >= 0.3 is 0 Å². The molecular formula is C19H23FN2O. The number of aryl methyl sites for hydroxylation is 1. The molecule has 2 aromatic rings. The molecule has 0 atom stereocenters. The Kier molecular flexibility index (Phi) is 5.88. The quantitative estimate of drug-likeness (QED) is 0.846. The Morgan fingerprint density at radius 3 is 2.57 bits per heavy atom. The number of carbonyl (C=O) groups excluding carboxylic acids is 1. The van der Waals surface area contributed by atoms with Gasteiger partial charge in [-0.2, -0.15) is 0 Å². The Bertz CT molecular complexity index is 683. The van der Waals surface area contributed by atoms with E-state index < -0.39 is 0 Å². The lowest BCUT2D eigenvalue weighted by atomic mass is 9.98. The zero-order valence-electron chi connectivity index (χ0n) is 13.8. The topological polar surface area (TPSA) is 41.1 Å². The van der Waals surface area contributed by atoms with Gasteiger partial charge in [0.2, 0.25) is 5.91 Å². The zero-order valence-corrected chi connectivity index (χ0v) is 13.8. The van der Waals surface area contributed by atoms with Crippen LogP contribution in [-0.2, 0) is 11.3 Å². The number of rotatable bonds is 6. The predicted octanol–water partition coefficient (Wildman–Crippen LogP) is 3.99. The summed E-state index contributed by atoms with van der Waals surface area (Å²) in [6.07, 6.45) is 0. The van der Waals surface area contributed by atoms with Crippen molar-refractivity contribution in [3.8, 4) is 0 Å². The normalized spacial score (nSPS) is 10.8. The number of hydrogen-bond acceptors (Lipinski definition) is 2. The van der Waals surface area contributed by atoms with E-state index in [2.05, 4.69) is 24.5 Å². The molecule has 2 rings (SSSR count). The van der Waals surface area contributed by atoms with Crippen LogP contribution in [0.2, 0.25) is 0 Å². The SMILES string of the molecule is Cc1cccc(C(C)C)c1NC(=O)CNCc1ccccc1F. The molecule has 3 nitrogen and oxygen atoms in total. The Labute approximate surface area is 136 Å². The maximum Gasteiger partial charge on any atom is 0.238 e. The third kappa shape index (κ3) is 4.63. The number of amides is 1. The van der Waals surface area contributed by atoms with Crippen molar-refractivity contribution in [1.29, 1.82) is 0 Å². The second-order valence-corrected chi connectivity index (χ2v) is 5.94. The van der Waals surface area contributed by atoms with Crippen molar-refractivity contribution < 1.29 is 9.18 Å². The van der Waals surface area contributed by atoms with E-state index in [1.807, 2.05) is 25.1 Å². The van der Waals surface area contributed by atoms with Gasteiger partial charge < -0.3 is 10.6 Å². The van der Waals surface area contributed by atoms with Gasteiger partial charge in [0.15, 0.2) is 0 Å². The molecular weight excluding hydrogens is 291 g/mol. The molecule has 0 unspecified atom stereocenters. The minimum atomic E-state index is -0.263. The monoisotopic (exact) mass is 314 g/mol. The zero-order chi connectivity index (χ0) is 16.8.